The molecule has 2 aromatic carbocycles. The number of fused-ring (bicyclic) bond motifs is 1. The van der Waals surface area contributed by atoms with Crippen molar-refractivity contribution in [2.24, 2.45) is 0 Å². The molecule has 0 radical (unpaired) electrons. The molecule has 2 heterocycles. The van der Waals surface area contributed by atoms with Crippen LogP contribution < -0.4 is 4.74 Å². The first-order valence-electron chi connectivity index (χ1n) is 9.97. The summed E-state index contributed by atoms with van der Waals surface area (Å²) < 4.78 is 7.04. The average molecular weight is 399 g/mol. The van der Waals surface area contributed by atoms with Crippen LogP contribution in [0, 0.1) is 0 Å². The van der Waals surface area contributed by atoms with Gasteiger partial charge in [-0.25, -0.2) is 9.50 Å². The topological polar surface area (TPSA) is 56.5 Å². The summed E-state index contributed by atoms with van der Waals surface area (Å²) in [6.07, 6.45) is 1.95. The number of aromatic nitrogens is 3. The second-order valence-electron chi connectivity index (χ2n) is 8.39. The van der Waals surface area contributed by atoms with Crippen LogP contribution in [-0.2, 0) is 11.8 Å². The number of carbonyl (C=O) groups excluding carboxylic acids is 1. The van der Waals surface area contributed by atoms with Crippen LogP contribution in [0.25, 0.3) is 16.9 Å². The third-order valence-electron chi connectivity index (χ3n) is 5.21. The van der Waals surface area contributed by atoms with Crippen molar-refractivity contribution in [2.75, 3.05) is 7.11 Å². The van der Waals surface area contributed by atoms with E-state index in [1.54, 1.807) is 17.8 Å². The third-order valence-corrected chi connectivity index (χ3v) is 5.21. The molecule has 152 valence electrons. The highest BCUT2D eigenvalue weighted by Crippen LogP contribution is 2.25. The van der Waals surface area contributed by atoms with Gasteiger partial charge in [0.05, 0.1) is 31.1 Å². The maximum absolute atomic E-state index is 12.9. The van der Waals surface area contributed by atoms with E-state index >= 15 is 0 Å². The number of hydrogen-bond donors (Lipinski definition) is 0. The summed E-state index contributed by atoms with van der Waals surface area (Å²) >= 11 is 0. The molecule has 0 N–H and O–H groups in total. The van der Waals surface area contributed by atoms with Gasteiger partial charge in [0.25, 0.3) is 0 Å². The Bertz CT molecular complexity index is 1180. The van der Waals surface area contributed by atoms with E-state index in [0.29, 0.717) is 11.2 Å². The van der Waals surface area contributed by atoms with E-state index in [2.05, 4.69) is 30.9 Å². The summed E-state index contributed by atoms with van der Waals surface area (Å²) in [6, 6.07) is 19.4. The zero-order valence-electron chi connectivity index (χ0n) is 17.7. The van der Waals surface area contributed by atoms with Gasteiger partial charge in [-0.2, -0.15) is 5.10 Å². The van der Waals surface area contributed by atoms with Crippen molar-refractivity contribution in [3.8, 4) is 17.0 Å². The molecule has 4 aromatic rings. The lowest BCUT2D eigenvalue weighted by Gasteiger charge is -2.19. The molecule has 0 spiro atoms. The van der Waals surface area contributed by atoms with Gasteiger partial charge < -0.3 is 4.74 Å². The Morgan fingerprint density at radius 1 is 1.00 bits per heavy atom. The zero-order valence-corrected chi connectivity index (χ0v) is 17.7. The van der Waals surface area contributed by atoms with Crippen LogP contribution in [0.4, 0.5) is 0 Å². The van der Waals surface area contributed by atoms with Gasteiger partial charge in [-0.1, -0.05) is 45.0 Å². The third kappa shape index (κ3) is 3.96. The maximum atomic E-state index is 12.9. The minimum absolute atomic E-state index is 0.0486. The van der Waals surface area contributed by atoms with Crippen LogP contribution in [0.15, 0.2) is 66.9 Å². The Hall–Kier alpha value is -3.47. The molecule has 0 aliphatic heterocycles. The number of ether oxygens (including phenoxy) is 1. The molecule has 30 heavy (non-hydrogen) atoms. The van der Waals surface area contributed by atoms with Crippen molar-refractivity contribution in [1.29, 1.82) is 0 Å². The largest absolute Gasteiger partial charge is 0.497 e. The van der Waals surface area contributed by atoms with Gasteiger partial charge in [-0.15, -0.1) is 0 Å². The van der Waals surface area contributed by atoms with Crippen LogP contribution in [0.5, 0.6) is 5.75 Å². The molecule has 4 rings (SSSR count). The van der Waals surface area contributed by atoms with Crippen molar-refractivity contribution in [2.45, 2.75) is 32.6 Å². The van der Waals surface area contributed by atoms with Crippen LogP contribution in [0.2, 0.25) is 0 Å². The first kappa shape index (κ1) is 19.8. The van der Waals surface area contributed by atoms with Gasteiger partial charge in [0.2, 0.25) is 0 Å². The monoisotopic (exact) mass is 399 g/mol. The summed E-state index contributed by atoms with van der Waals surface area (Å²) in [5.41, 5.74) is 5.27. The number of methoxy groups -OCH3 is 1. The first-order chi connectivity index (χ1) is 14.3. The van der Waals surface area contributed by atoms with Crippen molar-refractivity contribution >= 4 is 11.4 Å². The lowest BCUT2D eigenvalue weighted by Crippen LogP contribution is -2.12. The summed E-state index contributed by atoms with van der Waals surface area (Å²) in [6.45, 7) is 6.49. The van der Waals surface area contributed by atoms with Gasteiger partial charge in [-0.05, 0) is 41.3 Å². The average Bonchev–Trinajstić information content (AvgIpc) is 3.21. The van der Waals surface area contributed by atoms with Crippen molar-refractivity contribution in [3.63, 3.8) is 0 Å². The predicted octanol–water partition coefficient (Wildman–Crippen LogP) is 5.13. The molecule has 2 aromatic heterocycles. The minimum atomic E-state index is 0.0486. The lowest BCUT2D eigenvalue weighted by atomic mass is 9.86. The quantitative estimate of drug-likeness (QED) is 0.437. The van der Waals surface area contributed by atoms with Gasteiger partial charge in [-0.3, -0.25) is 4.79 Å². The van der Waals surface area contributed by atoms with E-state index in [4.69, 9.17) is 4.74 Å². The second-order valence-corrected chi connectivity index (χ2v) is 8.39. The van der Waals surface area contributed by atoms with Crippen molar-refractivity contribution in [3.05, 3.63) is 83.7 Å². The van der Waals surface area contributed by atoms with Crippen molar-refractivity contribution < 1.29 is 9.53 Å². The van der Waals surface area contributed by atoms with E-state index in [0.717, 1.165) is 22.7 Å². The molecule has 5 nitrogen and oxygen atoms in total. The Kier molecular flexibility index (Phi) is 5.12. The molecule has 0 atom stereocenters. The molecule has 0 saturated carbocycles. The normalized spacial score (nSPS) is 11.6. The first-order valence-corrected chi connectivity index (χ1v) is 9.97. The Morgan fingerprint density at radius 2 is 1.70 bits per heavy atom. The summed E-state index contributed by atoms with van der Waals surface area (Å²) in [7, 11) is 1.64. The summed E-state index contributed by atoms with van der Waals surface area (Å²) in [5, 5.41) is 4.39. The van der Waals surface area contributed by atoms with Crippen LogP contribution in [0.3, 0.4) is 0 Å². The highest BCUT2D eigenvalue weighted by atomic mass is 16.5. The number of benzene rings is 2. The molecule has 0 bridgehead atoms. The Balaban J connectivity index is 1.65. The molecular weight excluding hydrogens is 374 g/mol. The van der Waals surface area contributed by atoms with Crippen LogP contribution in [-0.4, -0.2) is 27.5 Å². The molecular formula is C25H25N3O2. The molecule has 0 amide bonds. The van der Waals surface area contributed by atoms with E-state index < -0.39 is 0 Å². The fourth-order valence-corrected chi connectivity index (χ4v) is 3.45. The fourth-order valence-electron chi connectivity index (χ4n) is 3.45. The summed E-state index contributed by atoms with van der Waals surface area (Å²) in [4.78, 5) is 17.5. The molecule has 0 saturated heterocycles. The number of rotatable bonds is 5. The Morgan fingerprint density at radius 3 is 2.33 bits per heavy atom. The highest BCUT2D eigenvalue weighted by molar-refractivity contribution is 5.97. The molecule has 0 aliphatic carbocycles. The maximum Gasteiger partial charge on any atom is 0.168 e. The van der Waals surface area contributed by atoms with Gasteiger partial charge in [0.1, 0.15) is 5.75 Å². The zero-order chi connectivity index (χ0) is 21.3. The fraction of sp³-hybridized carbons (Fsp3) is 0.240. The SMILES string of the molecule is COc1ccc(-c2cc(CC(=O)c3ccc(C(C)(C)C)cc3)nc3ccnn23)cc1. The Labute approximate surface area is 176 Å². The smallest absolute Gasteiger partial charge is 0.168 e. The molecule has 0 fully saturated rings. The van der Waals surface area contributed by atoms with E-state index in [9.17, 15) is 4.79 Å². The standard InChI is InChI=1S/C25H25N3O2/c1-25(2,3)19-9-5-18(6-10-19)23(29)16-20-15-22(28-24(27-20)13-14-26-28)17-7-11-21(30-4)12-8-17/h5-15H,16H2,1-4H3. The van der Waals surface area contributed by atoms with Gasteiger partial charge in [0, 0.05) is 17.2 Å². The van der Waals surface area contributed by atoms with Crippen LogP contribution in [0.1, 0.15) is 42.4 Å². The second kappa shape index (κ2) is 7.75. The number of carbonyl (C=O) groups is 1. The van der Waals surface area contributed by atoms with Gasteiger partial charge >= 0.3 is 0 Å². The number of Topliss-reactive ketones (excluding diaryl/α,β-unsaturated/α-hetero) is 1. The molecule has 5 heteroatoms. The highest BCUT2D eigenvalue weighted by Gasteiger charge is 2.16. The molecule has 0 aliphatic rings. The number of nitrogens with zero attached hydrogens (tertiary/aromatic N) is 3. The summed E-state index contributed by atoms with van der Waals surface area (Å²) in [5.74, 6) is 0.839. The van der Waals surface area contributed by atoms with E-state index in [-0.39, 0.29) is 17.6 Å². The number of hydrogen-bond acceptors (Lipinski definition) is 4. The van der Waals surface area contributed by atoms with Crippen LogP contribution >= 0.6 is 0 Å². The molecule has 0 unspecified atom stereocenters. The minimum Gasteiger partial charge on any atom is -0.497 e. The predicted molar refractivity (Wildman–Crippen MR) is 118 cm³/mol. The van der Waals surface area contributed by atoms with E-state index in [1.165, 1.54) is 5.56 Å². The van der Waals surface area contributed by atoms with Crippen molar-refractivity contribution in [1.82, 2.24) is 14.6 Å². The van der Waals surface area contributed by atoms with Gasteiger partial charge in [0.15, 0.2) is 11.4 Å². The lowest BCUT2D eigenvalue weighted by molar-refractivity contribution is 0.0992. The van der Waals surface area contributed by atoms with E-state index in [1.807, 2.05) is 60.7 Å². The number of ketones is 1.